The third-order valence-corrected chi connectivity index (χ3v) is 3.45. The van der Waals surface area contributed by atoms with Gasteiger partial charge in [-0.25, -0.2) is 4.79 Å². The molecule has 7 nitrogen and oxygen atoms in total. The molecule has 1 aromatic carbocycles. The summed E-state index contributed by atoms with van der Waals surface area (Å²) in [5.74, 6) is -0.461. The van der Waals surface area contributed by atoms with Crippen molar-refractivity contribution in [3.8, 4) is 5.75 Å². The predicted octanol–water partition coefficient (Wildman–Crippen LogP) is 1.85. The lowest BCUT2D eigenvalue weighted by molar-refractivity contribution is -0.385. The van der Waals surface area contributed by atoms with Crippen molar-refractivity contribution in [3.05, 3.63) is 33.9 Å². The van der Waals surface area contributed by atoms with Gasteiger partial charge in [-0.2, -0.15) is 0 Å². The van der Waals surface area contributed by atoms with E-state index in [0.717, 1.165) is 0 Å². The summed E-state index contributed by atoms with van der Waals surface area (Å²) in [6.45, 7) is 1.02. The molecule has 0 aromatic heterocycles. The molecule has 0 aliphatic heterocycles. The number of nitrogens with zero attached hydrogens (tertiary/aromatic N) is 2. The van der Waals surface area contributed by atoms with Crippen molar-refractivity contribution in [3.63, 3.8) is 0 Å². The van der Waals surface area contributed by atoms with Gasteiger partial charge >= 0.3 is 11.7 Å². The lowest BCUT2D eigenvalue weighted by Crippen LogP contribution is -2.26. The SMILES string of the molecule is COC(=O)c1ccc([N+](=O)[O-])c(OCCN(C)C2CC2)c1. The van der Waals surface area contributed by atoms with Crippen LogP contribution in [0, 0.1) is 10.1 Å². The number of benzene rings is 1. The quantitative estimate of drug-likeness (QED) is 0.433. The number of hydrogen-bond acceptors (Lipinski definition) is 6. The first kappa shape index (κ1) is 15.2. The van der Waals surface area contributed by atoms with Gasteiger partial charge in [-0.15, -0.1) is 0 Å². The van der Waals surface area contributed by atoms with Crippen molar-refractivity contribution in [2.45, 2.75) is 18.9 Å². The van der Waals surface area contributed by atoms with Gasteiger partial charge in [0.25, 0.3) is 0 Å². The Balaban J connectivity index is 2.06. The second-order valence-corrected chi connectivity index (χ2v) is 4.99. The zero-order chi connectivity index (χ0) is 15.4. The summed E-state index contributed by atoms with van der Waals surface area (Å²) in [4.78, 5) is 24.1. The molecule has 0 spiro atoms. The minimum absolute atomic E-state index is 0.0899. The molecular weight excluding hydrogens is 276 g/mol. The molecule has 0 bridgehead atoms. The molecule has 0 saturated heterocycles. The number of carbonyl (C=O) groups excluding carboxylic acids is 1. The lowest BCUT2D eigenvalue weighted by atomic mass is 10.2. The van der Waals surface area contributed by atoms with E-state index in [1.807, 2.05) is 7.05 Å². The number of carbonyl (C=O) groups is 1. The molecular formula is C14H18N2O5. The van der Waals surface area contributed by atoms with Crippen LogP contribution in [0.2, 0.25) is 0 Å². The molecule has 0 N–H and O–H groups in total. The predicted molar refractivity (Wildman–Crippen MR) is 75.6 cm³/mol. The number of nitro benzene ring substituents is 1. The van der Waals surface area contributed by atoms with Crippen LogP contribution in [0.5, 0.6) is 5.75 Å². The molecule has 0 atom stereocenters. The Kier molecular flexibility index (Phi) is 4.74. The van der Waals surface area contributed by atoms with E-state index >= 15 is 0 Å². The molecule has 1 aromatic rings. The van der Waals surface area contributed by atoms with E-state index in [1.165, 1.54) is 38.2 Å². The van der Waals surface area contributed by atoms with Crippen LogP contribution in [0.3, 0.4) is 0 Å². The summed E-state index contributed by atoms with van der Waals surface area (Å²) in [6.07, 6.45) is 2.38. The number of hydrogen-bond donors (Lipinski definition) is 0. The smallest absolute Gasteiger partial charge is 0.337 e. The molecule has 0 unspecified atom stereocenters. The summed E-state index contributed by atoms with van der Waals surface area (Å²) >= 11 is 0. The van der Waals surface area contributed by atoms with Gasteiger partial charge in [0, 0.05) is 24.7 Å². The Labute approximate surface area is 122 Å². The molecule has 0 heterocycles. The average Bonchev–Trinajstić information content (AvgIpc) is 3.30. The van der Waals surface area contributed by atoms with Crippen LogP contribution < -0.4 is 4.74 Å². The van der Waals surface area contributed by atoms with Crippen molar-refractivity contribution < 1.29 is 19.2 Å². The third-order valence-electron chi connectivity index (χ3n) is 3.45. The van der Waals surface area contributed by atoms with Gasteiger partial charge < -0.3 is 14.4 Å². The normalized spacial score (nSPS) is 14.0. The first-order chi connectivity index (χ1) is 10.0. The first-order valence-electron chi connectivity index (χ1n) is 6.72. The molecule has 114 valence electrons. The summed E-state index contributed by atoms with van der Waals surface area (Å²) < 4.78 is 10.1. The van der Waals surface area contributed by atoms with Crippen molar-refractivity contribution >= 4 is 11.7 Å². The highest BCUT2D eigenvalue weighted by Crippen LogP contribution is 2.29. The summed E-state index contributed by atoms with van der Waals surface area (Å²) in [5.41, 5.74) is 0.0744. The zero-order valence-corrected chi connectivity index (χ0v) is 12.1. The fraction of sp³-hybridized carbons (Fsp3) is 0.500. The van der Waals surface area contributed by atoms with Crippen LogP contribution in [-0.4, -0.2) is 49.1 Å². The minimum Gasteiger partial charge on any atom is -0.485 e. The Morgan fingerprint density at radius 1 is 1.48 bits per heavy atom. The zero-order valence-electron chi connectivity index (χ0n) is 12.1. The Morgan fingerprint density at radius 3 is 2.76 bits per heavy atom. The summed E-state index contributed by atoms with van der Waals surface area (Å²) in [5, 5.41) is 11.0. The van der Waals surface area contributed by atoms with Crippen molar-refractivity contribution in [2.24, 2.45) is 0 Å². The van der Waals surface area contributed by atoms with Gasteiger partial charge in [-0.3, -0.25) is 10.1 Å². The lowest BCUT2D eigenvalue weighted by Gasteiger charge is -2.16. The summed E-state index contributed by atoms with van der Waals surface area (Å²) in [6, 6.07) is 4.56. The molecule has 1 aliphatic rings. The molecule has 1 fully saturated rings. The second kappa shape index (κ2) is 6.53. The van der Waals surface area contributed by atoms with E-state index in [4.69, 9.17) is 4.74 Å². The Hall–Kier alpha value is -2.15. The fourth-order valence-corrected chi connectivity index (χ4v) is 2.02. The molecule has 2 rings (SSSR count). The van der Waals surface area contributed by atoms with Crippen LogP contribution in [-0.2, 0) is 4.74 Å². The molecule has 21 heavy (non-hydrogen) atoms. The van der Waals surface area contributed by atoms with E-state index in [0.29, 0.717) is 19.2 Å². The van der Waals surface area contributed by atoms with Crippen molar-refractivity contribution in [1.29, 1.82) is 0 Å². The highest BCUT2D eigenvalue weighted by Gasteiger charge is 2.26. The van der Waals surface area contributed by atoms with Crippen LogP contribution in [0.4, 0.5) is 5.69 Å². The van der Waals surface area contributed by atoms with E-state index in [9.17, 15) is 14.9 Å². The van der Waals surface area contributed by atoms with Crippen LogP contribution in [0.15, 0.2) is 18.2 Å². The topological polar surface area (TPSA) is 81.9 Å². The van der Waals surface area contributed by atoms with Crippen LogP contribution in [0.25, 0.3) is 0 Å². The minimum atomic E-state index is -0.551. The molecule has 0 amide bonds. The largest absolute Gasteiger partial charge is 0.485 e. The van der Waals surface area contributed by atoms with Crippen LogP contribution in [0.1, 0.15) is 23.2 Å². The van der Waals surface area contributed by atoms with E-state index in [2.05, 4.69) is 9.64 Å². The molecule has 7 heteroatoms. The Bertz CT molecular complexity index is 542. The monoisotopic (exact) mass is 294 g/mol. The maximum absolute atomic E-state index is 11.5. The Morgan fingerprint density at radius 2 is 2.19 bits per heavy atom. The van der Waals surface area contributed by atoms with Gasteiger partial charge in [0.05, 0.1) is 17.6 Å². The molecule has 0 radical (unpaired) electrons. The van der Waals surface area contributed by atoms with E-state index < -0.39 is 10.9 Å². The highest BCUT2D eigenvalue weighted by atomic mass is 16.6. The maximum Gasteiger partial charge on any atom is 0.337 e. The van der Waals surface area contributed by atoms with Crippen LogP contribution >= 0.6 is 0 Å². The average molecular weight is 294 g/mol. The molecule has 1 saturated carbocycles. The van der Waals surface area contributed by atoms with Gasteiger partial charge in [0.2, 0.25) is 0 Å². The first-order valence-corrected chi connectivity index (χ1v) is 6.72. The maximum atomic E-state index is 11.5. The van der Waals surface area contributed by atoms with Gasteiger partial charge in [-0.05, 0) is 26.0 Å². The number of esters is 1. The van der Waals surface area contributed by atoms with Gasteiger partial charge in [0.1, 0.15) is 6.61 Å². The van der Waals surface area contributed by atoms with Gasteiger partial charge in [0.15, 0.2) is 5.75 Å². The molecule has 1 aliphatic carbocycles. The van der Waals surface area contributed by atoms with E-state index in [-0.39, 0.29) is 17.0 Å². The number of methoxy groups -OCH3 is 1. The number of nitro groups is 1. The number of likely N-dealkylation sites (N-methyl/N-ethyl adjacent to an activating group) is 1. The van der Waals surface area contributed by atoms with Crippen molar-refractivity contribution in [2.75, 3.05) is 27.3 Å². The summed E-state index contributed by atoms with van der Waals surface area (Å²) in [7, 11) is 3.26. The fourth-order valence-electron chi connectivity index (χ4n) is 2.02. The highest BCUT2D eigenvalue weighted by molar-refractivity contribution is 5.90. The van der Waals surface area contributed by atoms with E-state index in [1.54, 1.807) is 0 Å². The number of rotatable bonds is 7. The third kappa shape index (κ3) is 3.91. The second-order valence-electron chi connectivity index (χ2n) is 4.99. The standard InChI is InChI=1S/C14H18N2O5/c1-15(11-4-5-11)7-8-21-13-9-10(14(17)20-2)3-6-12(13)16(18)19/h3,6,9,11H,4-5,7-8H2,1-2H3. The van der Waals surface area contributed by atoms with Crippen molar-refractivity contribution in [1.82, 2.24) is 4.90 Å². The van der Waals surface area contributed by atoms with Gasteiger partial charge in [-0.1, -0.05) is 0 Å². The number of ether oxygens (including phenoxy) is 2.